The van der Waals surface area contributed by atoms with Crippen molar-refractivity contribution in [2.45, 2.75) is 0 Å². The third-order valence-corrected chi connectivity index (χ3v) is 2.79. The summed E-state index contributed by atoms with van der Waals surface area (Å²) in [5.74, 6) is -1.30. The second kappa shape index (κ2) is 4.15. The zero-order valence-electron chi connectivity index (χ0n) is 7.91. The summed E-state index contributed by atoms with van der Waals surface area (Å²) in [6.07, 6.45) is 0. The standard InChI is InChI=1S/C10H6Cl2N2O2/c11-7-8(12)10(16)14(9(7)15)13-6-4-2-1-3-5-6/h1-5,13H. The molecule has 82 valence electrons. The van der Waals surface area contributed by atoms with Gasteiger partial charge in [0.2, 0.25) is 0 Å². The van der Waals surface area contributed by atoms with Crippen molar-refractivity contribution >= 4 is 40.7 Å². The molecule has 0 saturated carbocycles. The molecule has 1 aliphatic rings. The molecule has 1 N–H and O–H groups in total. The Hall–Kier alpha value is -1.52. The maximum Gasteiger partial charge on any atom is 0.292 e. The summed E-state index contributed by atoms with van der Waals surface area (Å²) in [7, 11) is 0. The van der Waals surface area contributed by atoms with Gasteiger partial charge in [-0.05, 0) is 12.1 Å². The van der Waals surface area contributed by atoms with Gasteiger partial charge in [0.15, 0.2) is 0 Å². The lowest BCUT2D eigenvalue weighted by Crippen LogP contribution is -2.36. The molecule has 0 unspecified atom stereocenters. The molecule has 1 aromatic rings. The van der Waals surface area contributed by atoms with Crippen LogP contribution in [-0.4, -0.2) is 16.8 Å². The van der Waals surface area contributed by atoms with Crippen molar-refractivity contribution in [2.24, 2.45) is 0 Å². The van der Waals surface area contributed by atoms with Crippen molar-refractivity contribution in [1.29, 1.82) is 0 Å². The molecule has 0 radical (unpaired) electrons. The van der Waals surface area contributed by atoms with Gasteiger partial charge < -0.3 is 0 Å². The smallest absolute Gasteiger partial charge is 0.288 e. The summed E-state index contributed by atoms with van der Waals surface area (Å²) >= 11 is 11.1. The normalized spacial score (nSPS) is 16.0. The molecule has 2 amide bonds. The first-order chi connectivity index (χ1) is 7.61. The van der Waals surface area contributed by atoms with Crippen LogP contribution >= 0.6 is 23.2 Å². The fraction of sp³-hybridized carbons (Fsp3) is 0. The topological polar surface area (TPSA) is 49.4 Å². The molecule has 1 heterocycles. The summed E-state index contributed by atoms with van der Waals surface area (Å²) in [5.41, 5.74) is 3.22. The highest BCUT2D eigenvalue weighted by molar-refractivity contribution is 6.58. The first-order valence-electron chi connectivity index (χ1n) is 4.37. The van der Waals surface area contributed by atoms with Crippen LogP contribution < -0.4 is 5.43 Å². The number of halogens is 2. The van der Waals surface area contributed by atoms with Crippen LogP contribution in [0.25, 0.3) is 0 Å². The number of rotatable bonds is 2. The van der Waals surface area contributed by atoms with Gasteiger partial charge in [0.1, 0.15) is 10.1 Å². The van der Waals surface area contributed by atoms with Gasteiger partial charge in [-0.15, -0.1) is 0 Å². The molecule has 1 aliphatic heterocycles. The van der Waals surface area contributed by atoms with Crippen LogP contribution in [-0.2, 0) is 9.59 Å². The number of anilines is 1. The van der Waals surface area contributed by atoms with Crippen molar-refractivity contribution in [2.75, 3.05) is 5.43 Å². The minimum Gasteiger partial charge on any atom is -0.288 e. The Labute approximate surface area is 101 Å². The second-order valence-electron chi connectivity index (χ2n) is 3.05. The van der Waals surface area contributed by atoms with E-state index in [9.17, 15) is 9.59 Å². The lowest BCUT2D eigenvalue weighted by Gasteiger charge is -2.16. The van der Waals surface area contributed by atoms with Crippen LogP contribution in [0.1, 0.15) is 0 Å². The van der Waals surface area contributed by atoms with Crippen LogP contribution in [0, 0.1) is 0 Å². The maximum atomic E-state index is 11.5. The van der Waals surface area contributed by atoms with Gasteiger partial charge in [-0.25, -0.2) is 0 Å². The van der Waals surface area contributed by atoms with Crippen molar-refractivity contribution < 1.29 is 9.59 Å². The van der Waals surface area contributed by atoms with Gasteiger partial charge >= 0.3 is 0 Å². The summed E-state index contributed by atoms with van der Waals surface area (Å²) in [6.45, 7) is 0. The Morgan fingerprint density at radius 1 is 0.938 bits per heavy atom. The van der Waals surface area contributed by atoms with Gasteiger partial charge in [0.05, 0.1) is 5.69 Å². The van der Waals surface area contributed by atoms with Gasteiger partial charge in [0, 0.05) is 0 Å². The SMILES string of the molecule is O=C1C(Cl)=C(Cl)C(=O)N1Nc1ccccc1. The third-order valence-electron chi connectivity index (χ3n) is 1.99. The van der Waals surface area contributed by atoms with Crippen LogP contribution in [0.2, 0.25) is 0 Å². The molecule has 6 heteroatoms. The van der Waals surface area contributed by atoms with Crippen LogP contribution in [0.15, 0.2) is 40.4 Å². The van der Waals surface area contributed by atoms with Gasteiger partial charge in [-0.1, -0.05) is 41.4 Å². The molecule has 4 nitrogen and oxygen atoms in total. The number of carbonyl (C=O) groups is 2. The Kier molecular flexibility index (Phi) is 2.85. The highest BCUT2D eigenvalue weighted by Crippen LogP contribution is 2.26. The van der Waals surface area contributed by atoms with Crippen LogP contribution in [0.4, 0.5) is 5.69 Å². The van der Waals surface area contributed by atoms with E-state index in [1.165, 1.54) is 0 Å². The Morgan fingerprint density at radius 2 is 1.44 bits per heavy atom. The average molecular weight is 257 g/mol. The second-order valence-corrected chi connectivity index (χ2v) is 3.81. The lowest BCUT2D eigenvalue weighted by molar-refractivity contribution is -0.135. The lowest BCUT2D eigenvalue weighted by atomic mass is 10.3. The molecule has 0 saturated heterocycles. The van der Waals surface area contributed by atoms with E-state index in [-0.39, 0.29) is 10.1 Å². The quantitative estimate of drug-likeness (QED) is 0.825. The number of nitrogens with zero attached hydrogens (tertiary/aromatic N) is 1. The van der Waals surface area contributed by atoms with Crippen molar-refractivity contribution in [3.8, 4) is 0 Å². The minimum atomic E-state index is -0.652. The van der Waals surface area contributed by atoms with Crippen molar-refractivity contribution in [3.05, 3.63) is 40.4 Å². The third kappa shape index (κ3) is 1.77. The number of benzene rings is 1. The summed E-state index contributed by atoms with van der Waals surface area (Å²) in [6, 6.07) is 8.77. The van der Waals surface area contributed by atoms with E-state index >= 15 is 0 Å². The number of carbonyl (C=O) groups excluding carboxylic acids is 2. The molecule has 0 spiro atoms. The van der Waals surface area contributed by atoms with E-state index < -0.39 is 11.8 Å². The maximum absolute atomic E-state index is 11.5. The molecule has 0 aromatic heterocycles. The highest BCUT2D eigenvalue weighted by Gasteiger charge is 2.37. The minimum absolute atomic E-state index is 0.268. The number of nitrogens with one attached hydrogen (secondary N) is 1. The number of hydrogen-bond acceptors (Lipinski definition) is 3. The monoisotopic (exact) mass is 256 g/mol. The number of hydrogen-bond donors (Lipinski definition) is 1. The predicted molar refractivity (Wildman–Crippen MR) is 60.6 cm³/mol. The number of amides is 2. The molecular weight excluding hydrogens is 251 g/mol. The van der Waals surface area contributed by atoms with Gasteiger partial charge in [-0.3, -0.25) is 15.0 Å². The van der Waals surface area contributed by atoms with Crippen molar-refractivity contribution in [3.63, 3.8) is 0 Å². The molecule has 1 aromatic carbocycles. The Morgan fingerprint density at radius 3 is 1.94 bits per heavy atom. The Balaban J connectivity index is 2.21. The van der Waals surface area contributed by atoms with E-state index in [0.717, 1.165) is 5.01 Å². The first-order valence-corrected chi connectivity index (χ1v) is 5.12. The van der Waals surface area contributed by atoms with Gasteiger partial charge in [-0.2, -0.15) is 5.01 Å². The van der Waals surface area contributed by atoms with Crippen LogP contribution in [0.3, 0.4) is 0 Å². The fourth-order valence-corrected chi connectivity index (χ4v) is 1.55. The van der Waals surface area contributed by atoms with Crippen LogP contribution in [0.5, 0.6) is 0 Å². The molecule has 0 fully saturated rings. The number of para-hydroxylation sites is 1. The van der Waals surface area contributed by atoms with E-state index in [2.05, 4.69) is 5.43 Å². The Bertz CT molecular complexity index is 461. The molecule has 0 atom stereocenters. The zero-order valence-corrected chi connectivity index (χ0v) is 9.42. The number of imide groups is 1. The summed E-state index contributed by atoms with van der Waals surface area (Å²) in [5, 5.41) is 0.241. The van der Waals surface area contributed by atoms with E-state index in [1.807, 2.05) is 6.07 Å². The zero-order chi connectivity index (χ0) is 11.7. The first kappa shape index (κ1) is 11.0. The van der Waals surface area contributed by atoms with E-state index in [4.69, 9.17) is 23.2 Å². The summed E-state index contributed by atoms with van der Waals surface area (Å²) in [4.78, 5) is 23.0. The molecule has 16 heavy (non-hydrogen) atoms. The fourth-order valence-electron chi connectivity index (χ4n) is 1.22. The molecular formula is C10H6Cl2N2O2. The van der Waals surface area contributed by atoms with E-state index in [1.54, 1.807) is 24.3 Å². The largest absolute Gasteiger partial charge is 0.292 e. The average Bonchev–Trinajstić information content (AvgIpc) is 2.48. The van der Waals surface area contributed by atoms with E-state index in [0.29, 0.717) is 5.69 Å². The summed E-state index contributed by atoms with van der Waals surface area (Å²) < 4.78 is 0. The predicted octanol–water partition coefficient (Wildman–Crippen LogP) is 2.07. The van der Waals surface area contributed by atoms with Gasteiger partial charge in [0.25, 0.3) is 11.8 Å². The molecule has 0 bridgehead atoms. The number of hydrazine groups is 1. The molecule has 0 aliphatic carbocycles. The molecule has 2 rings (SSSR count). The van der Waals surface area contributed by atoms with Crippen molar-refractivity contribution in [1.82, 2.24) is 5.01 Å². The highest BCUT2D eigenvalue weighted by atomic mass is 35.5.